The third-order valence-electron chi connectivity index (χ3n) is 5.21. The maximum atomic E-state index is 12.4. The Morgan fingerprint density at radius 1 is 1.16 bits per heavy atom. The third-order valence-corrected chi connectivity index (χ3v) is 5.21. The molecule has 4 nitrogen and oxygen atoms in total. The molecule has 1 aliphatic carbocycles. The first-order valence-electron chi connectivity index (χ1n) is 8.66. The van der Waals surface area contributed by atoms with Crippen molar-refractivity contribution in [2.45, 2.75) is 24.7 Å². The van der Waals surface area contributed by atoms with Crippen molar-refractivity contribution >= 4 is 16.8 Å². The summed E-state index contributed by atoms with van der Waals surface area (Å²) < 4.78 is 5.22. The van der Waals surface area contributed by atoms with Gasteiger partial charge in [-0.15, -0.1) is 0 Å². The van der Waals surface area contributed by atoms with Gasteiger partial charge >= 0.3 is 0 Å². The molecule has 0 bridgehead atoms. The second kappa shape index (κ2) is 6.28. The van der Waals surface area contributed by atoms with Crippen molar-refractivity contribution in [2.24, 2.45) is 0 Å². The van der Waals surface area contributed by atoms with Gasteiger partial charge in [0.25, 0.3) is 0 Å². The van der Waals surface area contributed by atoms with Crippen LogP contribution in [0.15, 0.2) is 54.7 Å². The highest BCUT2D eigenvalue weighted by atomic mass is 16.5. The number of aromatic amines is 1. The molecule has 1 saturated carbocycles. The Morgan fingerprint density at radius 2 is 1.92 bits per heavy atom. The van der Waals surface area contributed by atoms with Crippen molar-refractivity contribution in [3.8, 4) is 5.75 Å². The number of hydrogen-bond acceptors (Lipinski definition) is 2. The van der Waals surface area contributed by atoms with E-state index in [0.29, 0.717) is 13.0 Å². The van der Waals surface area contributed by atoms with Gasteiger partial charge in [-0.2, -0.15) is 0 Å². The summed E-state index contributed by atoms with van der Waals surface area (Å²) in [6.45, 7) is 0.695. The molecule has 0 unspecified atom stereocenters. The maximum Gasteiger partial charge on any atom is 0.224 e. The van der Waals surface area contributed by atoms with Gasteiger partial charge in [-0.25, -0.2) is 0 Å². The molecule has 4 rings (SSSR count). The Balaban J connectivity index is 1.40. The molecule has 4 heteroatoms. The predicted molar refractivity (Wildman–Crippen MR) is 98.9 cm³/mol. The van der Waals surface area contributed by atoms with E-state index >= 15 is 0 Å². The van der Waals surface area contributed by atoms with Gasteiger partial charge in [0.2, 0.25) is 5.91 Å². The largest absolute Gasteiger partial charge is 0.497 e. The zero-order chi connectivity index (χ0) is 17.3. The second-order valence-corrected chi connectivity index (χ2v) is 6.82. The van der Waals surface area contributed by atoms with Gasteiger partial charge in [-0.3, -0.25) is 4.79 Å². The average Bonchev–Trinajstić information content (AvgIpc) is 3.35. The lowest BCUT2D eigenvalue weighted by atomic mass is 9.95. The number of aromatic nitrogens is 1. The zero-order valence-corrected chi connectivity index (χ0v) is 14.3. The van der Waals surface area contributed by atoms with Crippen LogP contribution in [0.3, 0.4) is 0 Å². The van der Waals surface area contributed by atoms with E-state index in [0.717, 1.165) is 35.1 Å². The number of hydrogen-bond donors (Lipinski definition) is 2. The number of H-pyrrole nitrogens is 1. The Labute approximate surface area is 147 Å². The summed E-state index contributed by atoms with van der Waals surface area (Å²) >= 11 is 0. The molecule has 0 atom stereocenters. The number of nitrogens with one attached hydrogen (secondary N) is 2. The molecule has 1 heterocycles. The number of amides is 1. The summed E-state index contributed by atoms with van der Waals surface area (Å²) in [5.74, 6) is 0.937. The molecule has 1 amide bonds. The highest BCUT2D eigenvalue weighted by molar-refractivity contribution is 5.88. The minimum absolute atomic E-state index is 0.0736. The summed E-state index contributed by atoms with van der Waals surface area (Å²) in [6.07, 6.45) is 4.57. The maximum absolute atomic E-state index is 12.4. The Bertz CT molecular complexity index is 892. The fourth-order valence-electron chi connectivity index (χ4n) is 3.44. The van der Waals surface area contributed by atoms with E-state index < -0.39 is 0 Å². The van der Waals surface area contributed by atoms with E-state index in [4.69, 9.17) is 4.74 Å². The van der Waals surface area contributed by atoms with E-state index in [1.165, 1.54) is 5.56 Å². The molecule has 0 saturated heterocycles. The average molecular weight is 334 g/mol. The lowest BCUT2D eigenvalue weighted by Gasteiger charge is -2.17. The molecule has 128 valence electrons. The number of carbonyl (C=O) groups is 1. The van der Waals surface area contributed by atoms with Crippen molar-refractivity contribution in [1.29, 1.82) is 0 Å². The van der Waals surface area contributed by atoms with Gasteiger partial charge in [0, 0.05) is 29.1 Å². The van der Waals surface area contributed by atoms with E-state index in [1.54, 1.807) is 7.11 Å². The molecule has 0 aliphatic heterocycles. The minimum Gasteiger partial charge on any atom is -0.497 e. The van der Waals surface area contributed by atoms with Crippen molar-refractivity contribution < 1.29 is 9.53 Å². The smallest absolute Gasteiger partial charge is 0.224 e. The van der Waals surface area contributed by atoms with E-state index in [-0.39, 0.29) is 11.3 Å². The van der Waals surface area contributed by atoms with Gasteiger partial charge in [-0.05, 0) is 42.2 Å². The van der Waals surface area contributed by atoms with Gasteiger partial charge in [0.05, 0.1) is 13.5 Å². The van der Waals surface area contributed by atoms with Crippen LogP contribution in [-0.4, -0.2) is 24.5 Å². The number of carbonyl (C=O) groups excluding carboxylic acids is 1. The fourth-order valence-corrected chi connectivity index (χ4v) is 3.44. The molecule has 2 N–H and O–H groups in total. The molecular formula is C21H22N2O2. The van der Waals surface area contributed by atoms with Gasteiger partial charge in [0.1, 0.15) is 5.75 Å². The Kier molecular flexibility index (Phi) is 3.96. The summed E-state index contributed by atoms with van der Waals surface area (Å²) in [6, 6.07) is 16.3. The normalized spacial score (nSPS) is 15.1. The molecule has 1 aromatic heterocycles. The van der Waals surface area contributed by atoms with Crippen LogP contribution in [0.4, 0.5) is 0 Å². The van der Waals surface area contributed by atoms with Crippen LogP contribution in [0.2, 0.25) is 0 Å². The van der Waals surface area contributed by atoms with Crippen LogP contribution in [0.1, 0.15) is 24.0 Å². The third kappa shape index (κ3) is 3.12. The summed E-state index contributed by atoms with van der Waals surface area (Å²) in [5.41, 5.74) is 3.49. The number of para-hydroxylation sites is 1. The number of methoxy groups -OCH3 is 1. The highest BCUT2D eigenvalue weighted by Gasteiger charge is 2.44. The van der Waals surface area contributed by atoms with Gasteiger partial charge in [-0.1, -0.05) is 30.3 Å². The van der Waals surface area contributed by atoms with Crippen LogP contribution < -0.4 is 10.1 Å². The molecule has 25 heavy (non-hydrogen) atoms. The molecule has 0 radical (unpaired) electrons. The molecule has 1 aliphatic rings. The predicted octanol–water partition coefficient (Wildman–Crippen LogP) is 3.57. The van der Waals surface area contributed by atoms with E-state index in [2.05, 4.69) is 22.4 Å². The first kappa shape index (κ1) is 15.8. The monoisotopic (exact) mass is 334 g/mol. The molecule has 0 spiro atoms. The second-order valence-electron chi connectivity index (χ2n) is 6.82. The van der Waals surface area contributed by atoms with Crippen molar-refractivity contribution in [2.75, 3.05) is 13.7 Å². The lowest BCUT2D eigenvalue weighted by Crippen LogP contribution is -2.33. The first-order valence-corrected chi connectivity index (χ1v) is 8.66. The number of fused-ring (bicyclic) bond motifs is 1. The van der Waals surface area contributed by atoms with Crippen LogP contribution >= 0.6 is 0 Å². The van der Waals surface area contributed by atoms with Crippen LogP contribution in [0.25, 0.3) is 10.9 Å². The van der Waals surface area contributed by atoms with Crippen LogP contribution in [0, 0.1) is 0 Å². The van der Waals surface area contributed by atoms with Crippen molar-refractivity contribution in [1.82, 2.24) is 10.3 Å². The van der Waals surface area contributed by atoms with Crippen LogP contribution in [0.5, 0.6) is 5.75 Å². The zero-order valence-electron chi connectivity index (χ0n) is 14.3. The van der Waals surface area contributed by atoms with E-state index in [9.17, 15) is 4.79 Å². The Morgan fingerprint density at radius 3 is 2.64 bits per heavy atom. The summed E-state index contributed by atoms with van der Waals surface area (Å²) in [7, 11) is 1.67. The van der Waals surface area contributed by atoms with Gasteiger partial charge in [0.15, 0.2) is 0 Å². The van der Waals surface area contributed by atoms with Gasteiger partial charge < -0.3 is 15.0 Å². The van der Waals surface area contributed by atoms with E-state index in [1.807, 2.05) is 42.6 Å². The Hall–Kier alpha value is -2.75. The van der Waals surface area contributed by atoms with Crippen LogP contribution in [-0.2, 0) is 16.6 Å². The standard InChI is InChI=1S/C21H22N2O2/c1-25-17-8-6-16(7-9-17)21(10-11-21)14-23-20(24)12-15-13-22-19-5-3-2-4-18(15)19/h2-9,13,22H,10-12,14H2,1H3,(H,23,24). The number of ether oxygens (including phenoxy) is 1. The summed E-state index contributed by atoms with van der Waals surface area (Å²) in [4.78, 5) is 15.6. The fraction of sp³-hybridized carbons (Fsp3) is 0.286. The first-order chi connectivity index (χ1) is 12.2. The minimum atomic E-state index is 0.0736. The number of rotatable bonds is 6. The lowest BCUT2D eigenvalue weighted by molar-refractivity contribution is -0.120. The SMILES string of the molecule is COc1ccc(C2(CNC(=O)Cc3c[nH]c4ccccc34)CC2)cc1. The van der Waals surface area contributed by atoms with Crippen molar-refractivity contribution in [3.63, 3.8) is 0 Å². The quantitative estimate of drug-likeness (QED) is 0.724. The number of benzene rings is 2. The topological polar surface area (TPSA) is 54.1 Å². The highest BCUT2D eigenvalue weighted by Crippen LogP contribution is 2.47. The molecule has 2 aromatic carbocycles. The molecule has 3 aromatic rings. The summed E-state index contributed by atoms with van der Waals surface area (Å²) in [5, 5.41) is 4.25. The molecular weight excluding hydrogens is 312 g/mol. The van der Waals surface area contributed by atoms with Crippen molar-refractivity contribution in [3.05, 3.63) is 65.9 Å². The molecule has 1 fully saturated rings.